The molecule has 3 fully saturated rings. The van der Waals surface area contributed by atoms with Crippen molar-refractivity contribution in [3.05, 3.63) is 35.1 Å². The van der Waals surface area contributed by atoms with Gasteiger partial charge in [0.05, 0.1) is 25.0 Å². The van der Waals surface area contributed by atoms with Crippen LogP contribution in [-0.2, 0) is 16.0 Å². The van der Waals surface area contributed by atoms with Crippen LogP contribution in [-0.4, -0.2) is 36.1 Å². The first kappa shape index (κ1) is 20.0. The molecular formula is C24H31FN2O3. The Kier molecular flexibility index (Phi) is 5.08. The molecule has 2 N–H and O–H groups in total. The molecule has 0 aromatic heterocycles. The van der Waals surface area contributed by atoms with Gasteiger partial charge < -0.3 is 15.3 Å². The quantitative estimate of drug-likeness (QED) is 0.577. The number of nitrogens with zero attached hydrogens (tertiary/aromatic N) is 1. The first-order valence-corrected chi connectivity index (χ1v) is 11.4. The lowest BCUT2D eigenvalue weighted by molar-refractivity contribution is -0.125. The van der Waals surface area contributed by atoms with Crippen LogP contribution < -0.4 is 5.32 Å². The summed E-state index contributed by atoms with van der Waals surface area (Å²) in [5, 5.41) is 16.5. The van der Waals surface area contributed by atoms with Crippen LogP contribution in [0, 0.1) is 29.0 Å². The molecule has 1 heterocycles. The molecule has 3 unspecified atom stereocenters. The third kappa shape index (κ3) is 3.15. The van der Waals surface area contributed by atoms with Crippen LogP contribution in [0.3, 0.4) is 0 Å². The van der Waals surface area contributed by atoms with E-state index in [0.717, 1.165) is 49.8 Å². The maximum absolute atomic E-state index is 14.4. The molecule has 0 radical (unpaired) electrons. The topological polar surface area (TPSA) is 70.9 Å². The second kappa shape index (κ2) is 7.63. The maximum atomic E-state index is 14.4. The zero-order chi connectivity index (χ0) is 20.9. The summed E-state index contributed by atoms with van der Waals surface area (Å²) in [4.78, 5) is 12.4. The monoisotopic (exact) mass is 414 g/mol. The SMILES string of the molecule is C[C@]12CCC3c4cccc(F)c4CCC3C1[C@H](CCC(=O)NC1COC1)C/C2=N\O. The van der Waals surface area contributed by atoms with Crippen LogP contribution in [0.2, 0.25) is 0 Å². The summed E-state index contributed by atoms with van der Waals surface area (Å²) in [7, 11) is 0. The summed E-state index contributed by atoms with van der Waals surface area (Å²) in [6, 6.07) is 5.68. The largest absolute Gasteiger partial charge is 0.411 e. The van der Waals surface area contributed by atoms with Gasteiger partial charge in [-0.25, -0.2) is 4.39 Å². The number of amides is 1. The van der Waals surface area contributed by atoms with Crippen molar-refractivity contribution < 1.29 is 19.1 Å². The molecule has 5 rings (SSSR count). The molecule has 0 bridgehead atoms. The van der Waals surface area contributed by atoms with E-state index in [0.29, 0.717) is 43.3 Å². The lowest BCUT2D eigenvalue weighted by Gasteiger charge is -2.50. The van der Waals surface area contributed by atoms with Crippen LogP contribution in [0.25, 0.3) is 0 Å². The molecule has 1 aromatic carbocycles. The van der Waals surface area contributed by atoms with Crippen LogP contribution in [0.1, 0.15) is 62.5 Å². The van der Waals surface area contributed by atoms with Crippen molar-refractivity contribution in [3.8, 4) is 0 Å². The zero-order valence-electron chi connectivity index (χ0n) is 17.6. The van der Waals surface area contributed by atoms with Gasteiger partial charge in [0, 0.05) is 11.8 Å². The second-order valence-corrected chi connectivity index (χ2v) is 9.95. The minimum atomic E-state index is -0.121. The number of benzene rings is 1. The molecule has 1 aromatic rings. The molecule has 2 saturated carbocycles. The summed E-state index contributed by atoms with van der Waals surface area (Å²) in [6.07, 6.45) is 5.76. The summed E-state index contributed by atoms with van der Waals surface area (Å²) in [6.45, 7) is 3.46. The Hall–Kier alpha value is -1.95. The lowest BCUT2D eigenvalue weighted by atomic mass is 9.54. The van der Waals surface area contributed by atoms with E-state index in [-0.39, 0.29) is 23.2 Å². The predicted octanol–water partition coefficient (Wildman–Crippen LogP) is 4.03. The Labute approximate surface area is 177 Å². The van der Waals surface area contributed by atoms with Gasteiger partial charge in [-0.15, -0.1) is 0 Å². The van der Waals surface area contributed by atoms with Crippen molar-refractivity contribution in [2.45, 2.75) is 63.8 Å². The molecule has 1 aliphatic heterocycles. The highest BCUT2D eigenvalue weighted by molar-refractivity contribution is 5.92. The average Bonchev–Trinajstić information content (AvgIpc) is 3.01. The van der Waals surface area contributed by atoms with E-state index in [1.54, 1.807) is 6.07 Å². The number of hydrogen-bond acceptors (Lipinski definition) is 4. The molecule has 5 atom stereocenters. The van der Waals surface area contributed by atoms with Crippen molar-refractivity contribution in [3.63, 3.8) is 0 Å². The third-order valence-corrected chi connectivity index (χ3v) is 8.46. The van der Waals surface area contributed by atoms with E-state index < -0.39 is 0 Å². The highest BCUT2D eigenvalue weighted by Crippen LogP contribution is 2.62. The Morgan fingerprint density at radius 2 is 2.20 bits per heavy atom. The number of carbonyl (C=O) groups excluding carboxylic acids is 1. The van der Waals surface area contributed by atoms with E-state index in [1.165, 1.54) is 5.56 Å². The molecule has 4 aliphatic rings. The number of nitrogens with one attached hydrogen (secondary N) is 1. The molecule has 3 aliphatic carbocycles. The lowest BCUT2D eigenvalue weighted by Crippen LogP contribution is -2.48. The van der Waals surface area contributed by atoms with Gasteiger partial charge in [0.15, 0.2) is 0 Å². The Bertz CT molecular complexity index is 868. The molecule has 0 spiro atoms. The highest BCUT2D eigenvalue weighted by atomic mass is 19.1. The summed E-state index contributed by atoms with van der Waals surface area (Å²) >= 11 is 0. The van der Waals surface area contributed by atoms with Crippen molar-refractivity contribution in [1.82, 2.24) is 5.32 Å². The smallest absolute Gasteiger partial charge is 0.220 e. The first-order chi connectivity index (χ1) is 14.5. The standard InChI is InChI=1S/C24H31FN2O3/c1-24-10-9-17-16-3-2-4-20(25)18(16)6-7-19(17)23(24)14(11-21(24)27-29)5-8-22(28)26-15-12-30-13-15/h2-4,14-15,17,19,23,29H,5-13H2,1H3,(H,26,28)/b27-21+/t14-,17?,19?,23?,24-/m1/s1. The number of rotatable bonds is 4. The van der Waals surface area contributed by atoms with Crippen molar-refractivity contribution in [1.29, 1.82) is 0 Å². The van der Waals surface area contributed by atoms with Gasteiger partial charge in [-0.3, -0.25) is 4.79 Å². The van der Waals surface area contributed by atoms with Crippen molar-refractivity contribution in [2.24, 2.45) is 28.3 Å². The number of oxime groups is 1. The van der Waals surface area contributed by atoms with Crippen LogP contribution in [0.15, 0.2) is 23.4 Å². The molecule has 30 heavy (non-hydrogen) atoms. The molecular weight excluding hydrogens is 383 g/mol. The normalized spacial score (nSPS) is 36.5. The average molecular weight is 415 g/mol. The van der Waals surface area contributed by atoms with Crippen LogP contribution in [0.4, 0.5) is 4.39 Å². The Morgan fingerprint density at radius 3 is 2.93 bits per heavy atom. The number of hydrogen-bond donors (Lipinski definition) is 2. The van der Waals surface area contributed by atoms with Crippen molar-refractivity contribution >= 4 is 11.6 Å². The van der Waals surface area contributed by atoms with Gasteiger partial charge in [0.1, 0.15) is 5.82 Å². The van der Waals surface area contributed by atoms with E-state index >= 15 is 0 Å². The van der Waals surface area contributed by atoms with Gasteiger partial charge in [-0.2, -0.15) is 0 Å². The van der Waals surface area contributed by atoms with E-state index in [2.05, 4.69) is 23.5 Å². The van der Waals surface area contributed by atoms with Crippen molar-refractivity contribution in [2.75, 3.05) is 13.2 Å². The van der Waals surface area contributed by atoms with Crippen LogP contribution >= 0.6 is 0 Å². The summed E-state index contributed by atoms with van der Waals surface area (Å²) in [5.41, 5.74) is 2.86. The van der Waals surface area contributed by atoms with Gasteiger partial charge in [-0.1, -0.05) is 24.2 Å². The number of ether oxygens (including phenoxy) is 1. The molecule has 1 saturated heterocycles. The van der Waals surface area contributed by atoms with Gasteiger partial charge in [0.25, 0.3) is 0 Å². The molecule has 1 amide bonds. The fourth-order valence-electron chi connectivity index (χ4n) is 7.01. The zero-order valence-corrected chi connectivity index (χ0v) is 17.6. The minimum Gasteiger partial charge on any atom is -0.411 e. The predicted molar refractivity (Wildman–Crippen MR) is 111 cm³/mol. The fraction of sp³-hybridized carbons (Fsp3) is 0.667. The number of halogens is 1. The Morgan fingerprint density at radius 1 is 1.37 bits per heavy atom. The molecule has 162 valence electrons. The van der Waals surface area contributed by atoms with Gasteiger partial charge in [0.2, 0.25) is 5.91 Å². The van der Waals surface area contributed by atoms with E-state index in [9.17, 15) is 14.4 Å². The minimum absolute atomic E-state index is 0.0727. The van der Waals surface area contributed by atoms with Crippen LogP contribution in [0.5, 0.6) is 0 Å². The van der Waals surface area contributed by atoms with Gasteiger partial charge >= 0.3 is 0 Å². The second-order valence-electron chi connectivity index (χ2n) is 9.95. The first-order valence-electron chi connectivity index (χ1n) is 11.4. The van der Waals surface area contributed by atoms with Gasteiger partial charge in [-0.05, 0) is 79.4 Å². The number of carbonyl (C=O) groups is 1. The molecule has 5 nitrogen and oxygen atoms in total. The Balaban J connectivity index is 1.38. The fourth-order valence-corrected chi connectivity index (χ4v) is 7.01. The summed E-state index contributed by atoms with van der Waals surface area (Å²) in [5.74, 6) is 1.53. The van der Waals surface area contributed by atoms with E-state index in [1.807, 2.05) is 6.07 Å². The third-order valence-electron chi connectivity index (χ3n) is 8.46. The maximum Gasteiger partial charge on any atom is 0.220 e. The molecule has 6 heteroatoms. The number of fused-ring (bicyclic) bond motifs is 5. The summed E-state index contributed by atoms with van der Waals surface area (Å²) < 4.78 is 19.5. The van der Waals surface area contributed by atoms with E-state index in [4.69, 9.17) is 4.74 Å². The highest BCUT2D eigenvalue weighted by Gasteiger charge is 2.57.